The molecule has 0 fully saturated rings. The van der Waals surface area contributed by atoms with Crippen molar-refractivity contribution in [1.82, 2.24) is 0 Å². The molecule has 1 aromatic carbocycles. The minimum atomic E-state index is -0.502. The van der Waals surface area contributed by atoms with Gasteiger partial charge in [-0.1, -0.05) is 0 Å². The summed E-state index contributed by atoms with van der Waals surface area (Å²) in [5.74, 6) is -0.627. The van der Waals surface area contributed by atoms with Crippen molar-refractivity contribution in [3.8, 4) is 5.75 Å². The van der Waals surface area contributed by atoms with Gasteiger partial charge in [-0.05, 0) is 30.7 Å². The highest BCUT2D eigenvalue weighted by atomic mass is 16.3. The van der Waals surface area contributed by atoms with Gasteiger partial charge in [-0.15, -0.1) is 0 Å². The molecule has 0 bridgehead atoms. The Bertz CT molecular complexity index is 416. The van der Waals surface area contributed by atoms with Crippen LogP contribution in [-0.4, -0.2) is 16.9 Å². The van der Waals surface area contributed by atoms with E-state index in [1.807, 2.05) is 0 Å². The van der Waals surface area contributed by atoms with Gasteiger partial charge in [0.2, 0.25) is 11.8 Å². The van der Waals surface area contributed by atoms with E-state index < -0.39 is 5.91 Å². The average molecular weight is 222 g/mol. The fourth-order valence-corrected chi connectivity index (χ4v) is 1.24. The third-order valence-electron chi connectivity index (χ3n) is 2.08. The van der Waals surface area contributed by atoms with E-state index in [9.17, 15) is 14.7 Å². The summed E-state index contributed by atoms with van der Waals surface area (Å²) in [5.41, 5.74) is 6.31. The molecular formula is C11H14N2O3. The van der Waals surface area contributed by atoms with Crippen molar-refractivity contribution < 1.29 is 14.7 Å². The molecule has 0 heterocycles. The van der Waals surface area contributed by atoms with Crippen molar-refractivity contribution in [1.29, 1.82) is 0 Å². The van der Waals surface area contributed by atoms with E-state index in [-0.39, 0.29) is 24.5 Å². The molecule has 0 aliphatic heterocycles. The summed E-state index contributed by atoms with van der Waals surface area (Å²) in [7, 11) is 0. The first kappa shape index (κ1) is 12.0. The molecule has 0 atom stereocenters. The molecule has 16 heavy (non-hydrogen) atoms. The number of benzene rings is 1. The molecule has 0 unspecified atom stereocenters. The molecule has 1 aromatic rings. The molecule has 0 saturated carbocycles. The highest BCUT2D eigenvalue weighted by molar-refractivity contribution is 5.93. The maximum atomic E-state index is 11.4. The van der Waals surface area contributed by atoms with Crippen molar-refractivity contribution in [3.05, 3.63) is 23.8 Å². The van der Waals surface area contributed by atoms with Crippen LogP contribution in [-0.2, 0) is 9.59 Å². The summed E-state index contributed by atoms with van der Waals surface area (Å²) in [4.78, 5) is 21.8. The molecule has 2 amide bonds. The number of hydrogen-bond donors (Lipinski definition) is 3. The van der Waals surface area contributed by atoms with Gasteiger partial charge in [0, 0.05) is 18.5 Å². The quantitative estimate of drug-likeness (QED) is 0.661. The van der Waals surface area contributed by atoms with Gasteiger partial charge in [-0.3, -0.25) is 9.59 Å². The predicted octanol–water partition coefficient (Wildman–Crippen LogP) is 0.905. The Balaban J connectivity index is 2.59. The lowest BCUT2D eigenvalue weighted by Gasteiger charge is -2.07. The second kappa shape index (κ2) is 5.16. The highest BCUT2D eigenvalue weighted by Crippen LogP contribution is 2.20. The van der Waals surface area contributed by atoms with Gasteiger partial charge in [0.15, 0.2) is 0 Å². The number of anilines is 1. The molecule has 0 radical (unpaired) electrons. The summed E-state index contributed by atoms with van der Waals surface area (Å²) >= 11 is 0. The van der Waals surface area contributed by atoms with Gasteiger partial charge < -0.3 is 16.2 Å². The molecule has 0 saturated heterocycles. The minimum Gasteiger partial charge on any atom is -0.508 e. The number of phenols is 1. The lowest BCUT2D eigenvalue weighted by atomic mass is 10.2. The predicted molar refractivity (Wildman–Crippen MR) is 59.9 cm³/mol. The topological polar surface area (TPSA) is 92.4 Å². The van der Waals surface area contributed by atoms with Gasteiger partial charge in [0.25, 0.3) is 0 Å². The number of nitrogens with two attached hydrogens (primary N) is 1. The van der Waals surface area contributed by atoms with Crippen LogP contribution in [0.4, 0.5) is 5.69 Å². The van der Waals surface area contributed by atoms with E-state index in [0.29, 0.717) is 5.69 Å². The summed E-state index contributed by atoms with van der Waals surface area (Å²) in [6.07, 6.45) is 0.0958. The van der Waals surface area contributed by atoms with E-state index in [0.717, 1.165) is 5.56 Å². The molecule has 0 aliphatic carbocycles. The molecular weight excluding hydrogens is 208 g/mol. The van der Waals surface area contributed by atoms with Crippen molar-refractivity contribution in [2.75, 3.05) is 5.32 Å². The number of nitrogens with one attached hydrogen (secondary N) is 1. The number of phenolic OH excluding ortho intramolecular Hbond substituents is 1. The molecule has 5 nitrogen and oxygen atoms in total. The highest BCUT2D eigenvalue weighted by Gasteiger charge is 2.06. The fourth-order valence-electron chi connectivity index (χ4n) is 1.24. The number of primary amides is 1. The van der Waals surface area contributed by atoms with Gasteiger partial charge in [-0.2, -0.15) is 0 Å². The summed E-state index contributed by atoms with van der Waals surface area (Å²) < 4.78 is 0. The standard InChI is InChI=1S/C11H14N2O3/c1-7-6-8(14)2-3-9(7)13-11(16)5-4-10(12)15/h2-3,6,14H,4-5H2,1H3,(H2,12,15)(H,13,16). The number of aromatic hydroxyl groups is 1. The Hall–Kier alpha value is -2.04. The SMILES string of the molecule is Cc1cc(O)ccc1NC(=O)CCC(N)=O. The molecule has 86 valence electrons. The first-order valence-electron chi connectivity index (χ1n) is 4.87. The lowest BCUT2D eigenvalue weighted by molar-refractivity contribution is -0.122. The van der Waals surface area contributed by atoms with E-state index in [1.165, 1.54) is 6.07 Å². The van der Waals surface area contributed by atoms with Crippen LogP contribution >= 0.6 is 0 Å². The van der Waals surface area contributed by atoms with E-state index in [1.54, 1.807) is 19.1 Å². The molecule has 5 heteroatoms. The van der Waals surface area contributed by atoms with E-state index in [4.69, 9.17) is 5.73 Å². The summed E-state index contributed by atoms with van der Waals surface area (Å²) in [6.45, 7) is 1.77. The summed E-state index contributed by atoms with van der Waals surface area (Å²) in [5, 5.41) is 11.8. The minimum absolute atomic E-state index is 0.0307. The average Bonchev–Trinajstić information content (AvgIpc) is 2.19. The number of amides is 2. The Morgan fingerprint density at radius 2 is 2.06 bits per heavy atom. The molecule has 0 aliphatic rings. The largest absolute Gasteiger partial charge is 0.508 e. The van der Waals surface area contributed by atoms with Crippen molar-refractivity contribution in [3.63, 3.8) is 0 Å². The molecule has 0 aromatic heterocycles. The van der Waals surface area contributed by atoms with Crippen molar-refractivity contribution in [2.45, 2.75) is 19.8 Å². The first-order chi connectivity index (χ1) is 7.49. The number of aryl methyl sites for hydroxylation is 1. The number of rotatable bonds is 4. The smallest absolute Gasteiger partial charge is 0.224 e. The second-order valence-corrected chi connectivity index (χ2v) is 3.51. The maximum absolute atomic E-state index is 11.4. The van der Waals surface area contributed by atoms with Crippen LogP contribution in [0.2, 0.25) is 0 Å². The van der Waals surface area contributed by atoms with Crippen molar-refractivity contribution >= 4 is 17.5 Å². The van der Waals surface area contributed by atoms with E-state index in [2.05, 4.69) is 5.32 Å². The van der Waals surface area contributed by atoms with Gasteiger partial charge >= 0.3 is 0 Å². The van der Waals surface area contributed by atoms with Crippen LogP contribution in [0.1, 0.15) is 18.4 Å². The number of carbonyl (C=O) groups excluding carboxylic acids is 2. The monoisotopic (exact) mass is 222 g/mol. The van der Waals surface area contributed by atoms with Crippen molar-refractivity contribution in [2.24, 2.45) is 5.73 Å². The first-order valence-corrected chi connectivity index (χ1v) is 4.87. The fraction of sp³-hybridized carbons (Fsp3) is 0.273. The van der Waals surface area contributed by atoms with Gasteiger partial charge in [0.05, 0.1) is 0 Å². The lowest BCUT2D eigenvalue weighted by Crippen LogP contribution is -2.17. The zero-order valence-corrected chi connectivity index (χ0v) is 8.99. The third-order valence-corrected chi connectivity index (χ3v) is 2.08. The Kier molecular flexibility index (Phi) is 3.88. The number of hydrogen-bond acceptors (Lipinski definition) is 3. The summed E-state index contributed by atoms with van der Waals surface area (Å²) in [6, 6.07) is 4.63. The van der Waals surface area contributed by atoms with Crippen LogP contribution in [0.15, 0.2) is 18.2 Å². The van der Waals surface area contributed by atoms with E-state index >= 15 is 0 Å². The third kappa shape index (κ3) is 3.61. The van der Waals surface area contributed by atoms with Crippen LogP contribution in [0.3, 0.4) is 0 Å². The van der Waals surface area contributed by atoms with Gasteiger partial charge in [0.1, 0.15) is 5.75 Å². The van der Waals surface area contributed by atoms with Gasteiger partial charge in [-0.25, -0.2) is 0 Å². The van der Waals surface area contributed by atoms with Crippen LogP contribution < -0.4 is 11.1 Å². The maximum Gasteiger partial charge on any atom is 0.224 e. The molecule has 1 rings (SSSR count). The zero-order valence-electron chi connectivity index (χ0n) is 8.99. The Labute approximate surface area is 93.3 Å². The number of carbonyl (C=O) groups is 2. The second-order valence-electron chi connectivity index (χ2n) is 3.51. The zero-order chi connectivity index (χ0) is 12.1. The van der Waals surface area contributed by atoms with Crippen LogP contribution in [0, 0.1) is 6.92 Å². The Morgan fingerprint density at radius 1 is 1.38 bits per heavy atom. The molecule has 0 spiro atoms. The van der Waals surface area contributed by atoms with Crippen LogP contribution in [0.5, 0.6) is 5.75 Å². The molecule has 4 N–H and O–H groups in total. The Morgan fingerprint density at radius 3 is 2.62 bits per heavy atom. The van der Waals surface area contributed by atoms with Crippen LogP contribution in [0.25, 0.3) is 0 Å². The normalized spacial score (nSPS) is 9.81.